The average Bonchev–Trinajstić information content (AvgIpc) is 3.21. The van der Waals surface area contributed by atoms with Gasteiger partial charge in [0.25, 0.3) is 5.56 Å². The molecule has 7 heteroatoms. The number of hydrogen-bond donors (Lipinski definition) is 2. The molecule has 124 valence electrons. The molecule has 0 spiro atoms. The smallest absolute Gasteiger partial charge is 0.259 e. The number of nitrogens with zero attached hydrogens (tertiary/aromatic N) is 1. The molecule has 3 aromatic heterocycles. The van der Waals surface area contributed by atoms with Crippen LogP contribution in [0.5, 0.6) is 0 Å². The molecule has 24 heavy (non-hydrogen) atoms. The number of amides is 1. The number of hydrogen-bond acceptors (Lipinski definition) is 5. The number of thiophene rings is 2. The van der Waals surface area contributed by atoms with Crippen molar-refractivity contribution in [3.8, 4) is 0 Å². The van der Waals surface area contributed by atoms with Gasteiger partial charge in [-0.25, -0.2) is 4.98 Å². The summed E-state index contributed by atoms with van der Waals surface area (Å²) in [4.78, 5) is 34.0. The fraction of sp³-hybridized carbons (Fsp3) is 0.353. The number of carbonyl (C=O) groups excluding carboxylic acids is 1. The molecule has 0 radical (unpaired) electrons. The Morgan fingerprint density at radius 3 is 3.04 bits per heavy atom. The Labute approximate surface area is 146 Å². The molecule has 0 aliphatic heterocycles. The third kappa shape index (κ3) is 2.78. The summed E-state index contributed by atoms with van der Waals surface area (Å²) >= 11 is 3.19. The van der Waals surface area contributed by atoms with E-state index in [1.807, 2.05) is 17.7 Å². The zero-order valence-electron chi connectivity index (χ0n) is 13.3. The molecule has 3 aromatic rings. The number of carbonyl (C=O) groups is 1. The first-order valence-corrected chi connectivity index (χ1v) is 9.74. The van der Waals surface area contributed by atoms with Crippen molar-refractivity contribution >= 4 is 44.5 Å². The van der Waals surface area contributed by atoms with Crippen molar-refractivity contribution in [1.29, 1.82) is 0 Å². The van der Waals surface area contributed by atoms with Crippen molar-refractivity contribution in [2.45, 2.75) is 39.0 Å². The van der Waals surface area contributed by atoms with E-state index in [1.54, 1.807) is 22.7 Å². The van der Waals surface area contributed by atoms with Crippen molar-refractivity contribution in [2.24, 2.45) is 0 Å². The first kappa shape index (κ1) is 15.5. The van der Waals surface area contributed by atoms with Gasteiger partial charge in [0, 0.05) is 23.1 Å². The predicted octanol–water partition coefficient (Wildman–Crippen LogP) is 3.41. The molecule has 0 bridgehead atoms. The molecule has 1 aliphatic carbocycles. The molecule has 5 nitrogen and oxygen atoms in total. The first-order chi connectivity index (χ1) is 11.6. The summed E-state index contributed by atoms with van der Waals surface area (Å²) in [5.41, 5.74) is 3.04. The molecule has 1 aliphatic rings. The van der Waals surface area contributed by atoms with Crippen LogP contribution < -0.4 is 10.9 Å². The zero-order chi connectivity index (χ0) is 16.7. The lowest BCUT2D eigenvalue weighted by molar-refractivity contribution is -0.116. The van der Waals surface area contributed by atoms with Gasteiger partial charge in [-0.2, -0.15) is 0 Å². The molecule has 0 atom stereocenters. The largest absolute Gasteiger partial charge is 0.325 e. The molecule has 0 saturated heterocycles. The minimum atomic E-state index is -0.0662. The summed E-state index contributed by atoms with van der Waals surface area (Å²) in [7, 11) is 0. The van der Waals surface area contributed by atoms with E-state index in [9.17, 15) is 9.59 Å². The second-order valence-corrected chi connectivity index (χ2v) is 7.89. The fourth-order valence-corrected chi connectivity index (χ4v) is 5.16. The minimum Gasteiger partial charge on any atom is -0.325 e. The van der Waals surface area contributed by atoms with Gasteiger partial charge in [0.05, 0.1) is 11.1 Å². The predicted molar refractivity (Wildman–Crippen MR) is 98.3 cm³/mol. The van der Waals surface area contributed by atoms with Crippen molar-refractivity contribution in [3.05, 3.63) is 42.9 Å². The second-order valence-electron chi connectivity index (χ2n) is 6.07. The Kier molecular flexibility index (Phi) is 3.97. The number of rotatable bonds is 4. The van der Waals surface area contributed by atoms with Crippen LogP contribution in [0, 0.1) is 6.92 Å². The normalized spacial score (nSPS) is 13.4. The molecular formula is C17H17N3O2S2. The highest BCUT2D eigenvalue weighted by Crippen LogP contribution is 2.34. The summed E-state index contributed by atoms with van der Waals surface area (Å²) in [5.74, 6) is 0.525. The number of fused-ring (bicyclic) bond motifs is 3. The summed E-state index contributed by atoms with van der Waals surface area (Å²) in [6.45, 7) is 1.97. The van der Waals surface area contributed by atoms with Crippen LogP contribution in [0.2, 0.25) is 0 Å². The summed E-state index contributed by atoms with van der Waals surface area (Å²) in [6, 6.07) is 0. The highest BCUT2D eigenvalue weighted by Gasteiger charge is 2.21. The van der Waals surface area contributed by atoms with Crippen LogP contribution in [-0.2, 0) is 24.1 Å². The Morgan fingerprint density at radius 2 is 2.25 bits per heavy atom. The Balaban J connectivity index is 1.50. The van der Waals surface area contributed by atoms with Gasteiger partial charge in [-0.05, 0) is 42.7 Å². The van der Waals surface area contributed by atoms with Crippen molar-refractivity contribution in [1.82, 2.24) is 9.97 Å². The maximum absolute atomic E-state index is 12.4. The van der Waals surface area contributed by atoms with Gasteiger partial charge < -0.3 is 10.3 Å². The summed E-state index contributed by atoms with van der Waals surface area (Å²) in [6.07, 6.45) is 3.88. The van der Waals surface area contributed by atoms with Crippen molar-refractivity contribution in [3.63, 3.8) is 0 Å². The van der Waals surface area contributed by atoms with Crippen molar-refractivity contribution < 1.29 is 4.79 Å². The van der Waals surface area contributed by atoms with E-state index in [4.69, 9.17) is 0 Å². The average molecular weight is 359 g/mol. The number of aromatic amines is 1. The van der Waals surface area contributed by atoms with Gasteiger partial charge in [0.15, 0.2) is 0 Å². The van der Waals surface area contributed by atoms with Crippen molar-refractivity contribution in [2.75, 3.05) is 5.32 Å². The monoisotopic (exact) mass is 359 g/mol. The third-order valence-electron chi connectivity index (χ3n) is 4.34. The van der Waals surface area contributed by atoms with Gasteiger partial charge in [-0.3, -0.25) is 9.59 Å². The number of anilines is 1. The molecule has 0 saturated carbocycles. The molecule has 1 amide bonds. The quantitative estimate of drug-likeness (QED) is 0.749. The summed E-state index contributed by atoms with van der Waals surface area (Å²) < 4.78 is 0. The van der Waals surface area contributed by atoms with Crippen LogP contribution >= 0.6 is 22.7 Å². The number of nitrogens with one attached hydrogen (secondary N) is 2. The maximum atomic E-state index is 12.4. The topological polar surface area (TPSA) is 74.8 Å². The SMILES string of the molecule is Cc1cscc1NC(=O)CCc1nc2sc3c(c2c(=O)[nH]1)CCC3. The van der Waals surface area contributed by atoms with E-state index in [2.05, 4.69) is 15.3 Å². The Bertz CT molecular complexity index is 984. The van der Waals surface area contributed by atoms with Gasteiger partial charge in [0.2, 0.25) is 5.91 Å². The lowest BCUT2D eigenvalue weighted by Crippen LogP contribution is -2.16. The van der Waals surface area contributed by atoms with Crippen LogP contribution in [0.25, 0.3) is 10.2 Å². The van der Waals surface area contributed by atoms with Crippen LogP contribution in [0.15, 0.2) is 15.6 Å². The van der Waals surface area contributed by atoms with Crippen LogP contribution in [0.1, 0.15) is 34.7 Å². The Hall–Kier alpha value is -1.99. The standard InChI is InChI=1S/C17H17N3O2S2/c1-9-7-23-8-11(9)18-14(21)6-5-13-19-16(22)15-10-3-2-4-12(10)24-17(15)20-13/h7-8H,2-6H2,1H3,(H,18,21)(H,19,20,22). The van der Waals surface area contributed by atoms with Gasteiger partial charge in [-0.15, -0.1) is 22.7 Å². The second kappa shape index (κ2) is 6.14. The van der Waals surface area contributed by atoms with Crippen LogP contribution in [0.3, 0.4) is 0 Å². The molecule has 0 aromatic carbocycles. The van der Waals surface area contributed by atoms with Gasteiger partial charge >= 0.3 is 0 Å². The molecular weight excluding hydrogens is 342 g/mol. The zero-order valence-corrected chi connectivity index (χ0v) is 14.9. The molecule has 0 fully saturated rings. The summed E-state index contributed by atoms with van der Waals surface area (Å²) in [5, 5.41) is 7.58. The minimum absolute atomic E-state index is 0.0621. The van der Waals surface area contributed by atoms with E-state index in [0.717, 1.165) is 40.7 Å². The van der Waals surface area contributed by atoms with Gasteiger partial charge in [0.1, 0.15) is 10.7 Å². The molecule has 4 rings (SSSR count). The highest BCUT2D eigenvalue weighted by atomic mass is 32.1. The maximum Gasteiger partial charge on any atom is 0.259 e. The first-order valence-electron chi connectivity index (χ1n) is 7.98. The fourth-order valence-electron chi connectivity index (χ4n) is 3.10. The lowest BCUT2D eigenvalue weighted by atomic mass is 10.2. The number of H-pyrrole nitrogens is 1. The van der Waals surface area contributed by atoms with E-state index < -0.39 is 0 Å². The lowest BCUT2D eigenvalue weighted by Gasteiger charge is -2.04. The molecule has 3 heterocycles. The highest BCUT2D eigenvalue weighted by molar-refractivity contribution is 7.18. The van der Waals surface area contributed by atoms with E-state index in [0.29, 0.717) is 18.7 Å². The van der Waals surface area contributed by atoms with E-state index in [-0.39, 0.29) is 11.5 Å². The van der Waals surface area contributed by atoms with E-state index >= 15 is 0 Å². The number of aryl methyl sites for hydroxylation is 4. The van der Waals surface area contributed by atoms with Crippen LogP contribution in [-0.4, -0.2) is 15.9 Å². The van der Waals surface area contributed by atoms with Crippen LogP contribution in [0.4, 0.5) is 5.69 Å². The Morgan fingerprint density at radius 1 is 1.38 bits per heavy atom. The molecule has 0 unspecified atom stereocenters. The molecule has 2 N–H and O–H groups in total. The third-order valence-corrected chi connectivity index (χ3v) is 6.39. The van der Waals surface area contributed by atoms with E-state index in [1.165, 1.54) is 10.4 Å². The number of aromatic nitrogens is 2. The van der Waals surface area contributed by atoms with Gasteiger partial charge in [-0.1, -0.05) is 0 Å².